The van der Waals surface area contributed by atoms with Gasteiger partial charge in [0.05, 0.1) is 11.0 Å². The molecule has 1 aliphatic carbocycles. The van der Waals surface area contributed by atoms with Gasteiger partial charge >= 0.3 is 0 Å². The van der Waals surface area contributed by atoms with Gasteiger partial charge in [0, 0.05) is 11.6 Å². The lowest BCUT2D eigenvalue weighted by Gasteiger charge is -2.28. The Morgan fingerprint density at radius 3 is 2.67 bits per heavy atom. The quantitative estimate of drug-likeness (QED) is 0.714. The summed E-state index contributed by atoms with van der Waals surface area (Å²) >= 11 is 0. The first-order valence-electron chi connectivity index (χ1n) is 6.94. The van der Waals surface area contributed by atoms with Crippen molar-refractivity contribution in [2.24, 2.45) is 0 Å². The molecule has 0 aromatic heterocycles. The fraction of sp³-hybridized carbons (Fsp3) is 0.467. The van der Waals surface area contributed by atoms with Crippen LogP contribution in [0.25, 0.3) is 0 Å². The van der Waals surface area contributed by atoms with Crippen molar-refractivity contribution in [3.63, 3.8) is 0 Å². The molecular weight excluding hydrogens is 290 g/mol. The van der Waals surface area contributed by atoms with Gasteiger partial charge in [0.2, 0.25) is 10.0 Å². The Balaban J connectivity index is 2.27. The van der Waals surface area contributed by atoms with E-state index in [4.69, 9.17) is 5.11 Å². The predicted octanol–water partition coefficient (Wildman–Crippen LogP) is 0.612. The van der Waals surface area contributed by atoms with Crippen molar-refractivity contribution in [2.75, 3.05) is 6.61 Å². The second-order valence-electron chi connectivity index (χ2n) is 5.04. The lowest BCUT2D eigenvalue weighted by atomic mass is 9.93. The summed E-state index contributed by atoms with van der Waals surface area (Å²) < 4.78 is 27.5. The standard InChI is InChI=1S/C15H19NO4S/c17-11-5-7-12-6-1-4-10-15(12)21(19,20)16-13-8-2-3-9-14(13)18/h1,4,6,10,13-14,16-18H,2-3,8-9,11H2. The number of aliphatic hydroxyl groups is 2. The number of hydrogen-bond acceptors (Lipinski definition) is 4. The van der Waals surface area contributed by atoms with Crippen molar-refractivity contribution < 1.29 is 18.6 Å². The third-order valence-electron chi connectivity index (χ3n) is 3.51. The zero-order valence-corrected chi connectivity index (χ0v) is 12.4. The molecule has 5 nitrogen and oxygen atoms in total. The molecule has 2 unspecified atom stereocenters. The molecule has 0 amide bonds. The third-order valence-corrected chi connectivity index (χ3v) is 5.06. The van der Waals surface area contributed by atoms with Gasteiger partial charge in [0.25, 0.3) is 0 Å². The van der Waals surface area contributed by atoms with Crippen molar-refractivity contribution >= 4 is 10.0 Å². The van der Waals surface area contributed by atoms with Gasteiger partial charge in [-0.1, -0.05) is 36.8 Å². The van der Waals surface area contributed by atoms with E-state index < -0.39 is 22.2 Å². The monoisotopic (exact) mass is 309 g/mol. The molecule has 0 heterocycles. The third kappa shape index (κ3) is 4.05. The van der Waals surface area contributed by atoms with Crippen molar-refractivity contribution in [2.45, 2.75) is 42.7 Å². The summed E-state index contributed by atoms with van der Waals surface area (Å²) in [5, 5.41) is 18.6. The van der Waals surface area contributed by atoms with Crippen LogP contribution in [0.4, 0.5) is 0 Å². The van der Waals surface area contributed by atoms with E-state index in [1.807, 2.05) is 0 Å². The predicted molar refractivity (Wildman–Crippen MR) is 79.0 cm³/mol. The highest BCUT2D eigenvalue weighted by Crippen LogP contribution is 2.21. The zero-order chi connectivity index (χ0) is 15.3. The Morgan fingerprint density at radius 1 is 1.24 bits per heavy atom. The van der Waals surface area contributed by atoms with Crippen LogP contribution in [0.2, 0.25) is 0 Å². The second-order valence-corrected chi connectivity index (χ2v) is 6.72. The van der Waals surface area contributed by atoms with Gasteiger partial charge < -0.3 is 10.2 Å². The number of nitrogens with one attached hydrogen (secondary N) is 1. The summed E-state index contributed by atoms with van der Waals surface area (Å²) in [4.78, 5) is 0.0729. The summed E-state index contributed by atoms with van der Waals surface area (Å²) in [6, 6.07) is 5.92. The average Bonchev–Trinajstić information content (AvgIpc) is 2.47. The highest BCUT2D eigenvalue weighted by atomic mass is 32.2. The van der Waals surface area contributed by atoms with Crippen LogP contribution in [-0.2, 0) is 10.0 Å². The van der Waals surface area contributed by atoms with Crippen LogP contribution >= 0.6 is 0 Å². The van der Waals surface area contributed by atoms with E-state index in [2.05, 4.69) is 16.6 Å². The number of aliphatic hydroxyl groups excluding tert-OH is 2. The van der Waals surface area contributed by atoms with Gasteiger partial charge in [0.15, 0.2) is 0 Å². The summed E-state index contributed by atoms with van der Waals surface area (Å²) in [5.74, 6) is 5.09. The van der Waals surface area contributed by atoms with Gasteiger partial charge in [-0.2, -0.15) is 0 Å². The molecular formula is C15H19NO4S. The molecule has 1 aliphatic rings. The fourth-order valence-corrected chi connectivity index (χ4v) is 3.92. The molecule has 0 aliphatic heterocycles. The molecule has 6 heteroatoms. The summed E-state index contributed by atoms with van der Waals surface area (Å²) in [5.41, 5.74) is 0.337. The van der Waals surface area contributed by atoms with Crippen LogP contribution in [0.3, 0.4) is 0 Å². The lowest BCUT2D eigenvalue weighted by Crippen LogP contribution is -2.45. The van der Waals surface area contributed by atoms with Crippen LogP contribution < -0.4 is 4.72 Å². The first-order valence-corrected chi connectivity index (χ1v) is 8.42. The van der Waals surface area contributed by atoms with E-state index >= 15 is 0 Å². The van der Waals surface area contributed by atoms with Crippen LogP contribution in [0.15, 0.2) is 29.2 Å². The molecule has 1 saturated carbocycles. The van der Waals surface area contributed by atoms with Crippen LogP contribution in [-0.4, -0.2) is 37.4 Å². The number of sulfonamides is 1. The maximum atomic E-state index is 12.5. The number of benzene rings is 1. The Kier molecular flexibility index (Phi) is 5.37. The van der Waals surface area contributed by atoms with E-state index in [1.54, 1.807) is 18.2 Å². The fourth-order valence-electron chi connectivity index (χ4n) is 2.45. The van der Waals surface area contributed by atoms with E-state index in [0.29, 0.717) is 18.4 Å². The van der Waals surface area contributed by atoms with E-state index in [1.165, 1.54) is 6.07 Å². The average molecular weight is 309 g/mol. The molecule has 2 atom stereocenters. The molecule has 2 rings (SSSR count). The molecule has 1 aromatic carbocycles. The summed E-state index contributed by atoms with van der Waals surface area (Å²) in [7, 11) is -3.75. The Morgan fingerprint density at radius 2 is 1.95 bits per heavy atom. The Bertz CT molecular complexity index is 645. The molecule has 0 saturated heterocycles. The van der Waals surface area contributed by atoms with Crippen LogP contribution in [0, 0.1) is 11.8 Å². The van der Waals surface area contributed by atoms with Crippen molar-refractivity contribution in [3.8, 4) is 11.8 Å². The van der Waals surface area contributed by atoms with Gasteiger partial charge in [-0.25, -0.2) is 13.1 Å². The Hall–Kier alpha value is -1.39. The molecule has 1 aromatic rings. The summed E-state index contributed by atoms with van der Waals surface area (Å²) in [6.07, 6.45) is 2.40. The minimum Gasteiger partial charge on any atom is -0.391 e. The van der Waals surface area contributed by atoms with Gasteiger partial charge in [-0.15, -0.1) is 0 Å². The number of rotatable bonds is 3. The minimum atomic E-state index is -3.75. The smallest absolute Gasteiger partial charge is 0.242 e. The van der Waals surface area contributed by atoms with Crippen LogP contribution in [0.5, 0.6) is 0 Å². The lowest BCUT2D eigenvalue weighted by molar-refractivity contribution is 0.101. The second kappa shape index (κ2) is 7.05. The molecule has 0 radical (unpaired) electrons. The SMILES string of the molecule is O=S(=O)(NC1CCCCC1O)c1ccccc1C#CCO. The van der Waals surface area contributed by atoms with Crippen LogP contribution in [0.1, 0.15) is 31.2 Å². The molecule has 21 heavy (non-hydrogen) atoms. The highest BCUT2D eigenvalue weighted by molar-refractivity contribution is 7.89. The first-order chi connectivity index (χ1) is 10.0. The normalized spacial score (nSPS) is 22.4. The topological polar surface area (TPSA) is 86.6 Å². The maximum absolute atomic E-state index is 12.5. The van der Waals surface area contributed by atoms with Gasteiger partial charge in [-0.05, 0) is 25.0 Å². The largest absolute Gasteiger partial charge is 0.391 e. The van der Waals surface area contributed by atoms with E-state index in [9.17, 15) is 13.5 Å². The minimum absolute atomic E-state index is 0.0729. The Labute approximate surface area is 125 Å². The zero-order valence-electron chi connectivity index (χ0n) is 11.6. The number of hydrogen-bond donors (Lipinski definition) is 3. The van der Waals surface area contributed by atoms with Crippen molar-refractivity contribution in [1.82, 2.24) is 4.72 Å². The molecule has 3 N–H and O–H groups in total. The van der Waals surface area contributed by atoms with Gasteiger partial charge in [0.1, 0.15) is 6.61 Å². The molecule has 114 valence electrons. The van der Waals surface area contributed by atoms with E-state index in [-0.39, 0.29) is 11.5 Å². The summed E-state index contributed by atoms with van der Waals surface area (Å²) in [6.45, 7) is -0.330. The first kappa shape index (κ1) is 16.0. The molecule has 1 fully saturated rings. The molecule has 0 spiro atoms. The highest BCUT2D eigenvalue weighted by Gasteiger charge is 2.28. The maximum Gasteiger partial charge on any atom is 0.242 e. The molecule has 0 bridgehead atoms. The van der Waals surface area contributed by atoms with E-state index in [0.717, 1.165) is 12.8 Å². The van der Waals surface area contributed by atoms with Crippen molar-refractivity contribution in [3.05, 3.63) is 29.8 Å². The van der Waals surface area contributed by atoms with Gasteiger partial charge in [-0.3, -0.25) is 0 Å². The van der Waals surface area contributed by atoms with Crippen molar-refractivity contribution in [1.29, 1.82) is 0 Å².